The monoisotopic (exact) mass is 833 g/mol. The zero-order valence-electron chi connectivity index (χ0n) is 43.1. The van der Waals surface area contributed by atoms with Crippen LogP contribution < -0.4 is 0 Å². The van der Waals surface area contributed by atoms with Crippen LogP contribution in [0.3, 0.4) is 0 Å². The summed E-state index contributed by atoms with van der Waals surface area (Å²) in [5, 5.41) is 6.73. The van der Waals surface area contributed by atoms with Gasteiger partial charge in [0.05, 0.1) is 0 Å². The average molecular weight is 833 g/mol. The fourth-order valence-electron chi connectivity index (χ4n) is 5.43. The van der Waals surface area contributed by atoms with Crippen LogP contribution >= 0.6 is 0 Å². The Morgan fingerprint density at radius 2 is 0.820 bits per heavy atom. The number of allylic oxidation sites excluding steroid dienone is 1. The molecule has 1 aromatic heterocycles. The molecule has 0 radical (unpaired) electrons. The Hall–Kier alpha value is -4.69. The van der Waals surface area contributed by atoms with Crippen molar-refractivity contribution in [3.63, 3.8) is 0 Å². The Morgan fingerprint density at radius 1 is 0.459 bits per heavy atom. The van der Waals surface area contributed by atoms with E-state index in [0.29, 0.717) is 0 Å². The first-order chi connectivity index (χ1) is 30.1. The van der Waals surface area contributed by atoms with E-state index in [9.17, 15) is 0 Å². The van der Waals surface area contributed by atoms with Gasteiger partial charge in [0.1, 0.15) is 0 Å². The second-order valence-corrected chi connectivity index (χ2v) is 11.5. The van der Waals surface area contributed by atoms with Crippen molar-refractivity contribution in [2.24, 2.45) is 0 Å². The summed E-state index contributed by atoms with van der Waals surface area (Å²) in [7, 11) is 0. The molecule has 2 heterocycles. The number of rotatable bonds is 2. The quantitative estimate of drug-likeness (QED) is 0.170. The van der Waals surface area contributed by atoms with Crippen molar-refractivity contribution >= 4 is 16.3 Å². The van der Waals surface area contributed by atoms with E-state index in [1.165, 1.54) is 66.1 Å². The van der Waals surface area contributed by atoms with E-state index in [-0.39, 0.29) is 0 Å². The summed E-state index contributed by atoms with van der Waals surface area (Å²) < 4.78 is 2.07. The Balaban J connectivity index is -0.000000198. The second-order valence-electron chi connectivity index (χ2n) is 11.5. The summed E-state index contributed by atoms with van der Waals surface area (Å²) in [5.41, 5.74) is 8.30. The minimum Gasteiger partial charge on any atom is -0.270 e. The van der Waals surface area contributed by atoms with E-state index in [2.05, 4.69) is 139 Å². The number of hydrogen-bond acceptors (Lipinski definition) is 1. The number of hydrogen-bond donors (Lipinski definition) is 0. The zero-order chi connectivity index (χ0) is 47.5. The summed E-state index contributed by atoms with van der Waals surface area (Å²) in [6, 6.07) is 48.2. The Bertz CT molecular complexity index is 1570. The van der Waals surface area contributed by atoms with Crippen LogP contribution in [-0.2, 0) is 32.2 Å². The highest BCUT2D eigenvalue weighted by molar-refractivity contribution is 5.82. The van der Waals surface area contributed by atoms with E-state index >= 15 is 0 Å². The molecule has 0 saturated heterocycles. The van der Waals surface area contributed by atoms with Gasteiger partial charge in [-0.1, -0.05) is 263 Å². The number of nitrogens with zero attached hydrogens (tertiary/aromatic N) is 2. The molecule has 0 bridgehead atoms. The van der Waals surface area contributed by atoms with E-state index in [1.807, 2.05) is 148 Å². The van der Waals surface area contributed by atoms with Crippen molar-refractivity contribution in [2.75, 3.05) is 0 Å². The maximum absolute atomic E-state index is 4.11. The highest BCUT2D eigenvalue weighted by atomic mass is 15.3. The Kier molecular flexibility index (Phi) is 57.2. The third-order valence-corrected chi connectivity index (χ3v) is 8.04. The topological polar surface area (TPSA) is 17.8 Å². The van der Waals surface area contributed by atoms with Crippen molar-refractivity contribution in [2.45, 2.75) is 176 Å². The van der Waals surface area contributed by atoms with Crippen LogP contribution in [0.1, 0.15) is 172 Å². The molecule has 1 aliphatic carbocycles. The summed E-state index contributed by atoms with van der Waals surface area (Å²) in [4.78, 5) is 0. The zero-order valence-corrected chi connectivity index (χ0v) is 43.1. The Labute approximate surface area is 381 Å². The third kappa shape index (κ3) is 32.7. The lowest BCUT2D eigenvalue weighted by Crippen LogP contribution is -2.00. The molecule has 0 amide bonds. The summed E-state index contributed by atoms with van der Waals surface area (Å²) in [6.45, 7) is 41.1. The lowest BCUT2D eigenvalue weighted by Gasteiger charge is -2.13. The summed E-state index contributed by atoms with van der Waals surface area (Å²) in [5.74, 6) is 0. The normalized spacial score (nSPS) is 9.80. The second kappa shape index (κ2) is 53.3. The van der Waals surface area contributed by atoms with E-state index in [1.54, 1.807) is 11.1 Å². The average Bonchev–Trinajstić information content (AvgIpc) is 4.05. The van der Waals surface area contributed by atoms with E-state index in [4.69, 9.17) is 0 Å². The SMILES string of the molecule is C=C(C)c1ccccc1.CC.CC.CC.CC.CC.CC.CC.CC.CCc1ccccc1.c1cc2n(n1)CCC2.c1ccc2c(c1)CCCC2.c1ccc2ccccc2c1. The predicted octanol–water partition coefficient (Wildman–Crippen LogP) is 19.4. The minimum absolute atomic E-state index is 1.12. The molecule has 0 atom stereocenters. The van der Waals surface area contributed by atoms with Crippen molar-refractivity contribution in [3.8, 4) is 0 Å². The molecule has 2 heteroatoms. The lowest BCUT2D eigenvalue weighted by molar-refractivity contribution is 0.656. The van der Waals surface area contributed by atoms with Crippen LogP contribution in [0.2, 0.25) is 0 Å². The molecule has 0 unspecified atom stereocenters. The predicted molar refractivity (Wildman–Crippen MR) is 285 cm³/mol. The van der Waals surface area contributed by atoms with Gasteiger partial charge >= 0.3 is 0 Å². The van der Waals surface area contributed by atoms with Crippen LogP contribution in [0.15, 0.2) is 152 Å². The Morgan fingerprint density at radius 3 is 1.15 bits per heavy atom. The van der Waals surface area contributed by atoms with Gasteiger partial charge in [-0.15, -0.1) is 0 Å². The first-order valence-corrected chi connectivity index (χ1v) is 24.4. The first-order valence-electron chi connectivity index (χ1n) is 24.4. The first kappa shape index (κ1) is 65.4. The van der Waals surface area contributed by atoms with E-state index in [0.717, 1.165) is 18.5 Å². The fraction of sp³-hybridized carbons (Fsp3) is 0.441. The van der Waals surface area contributed by atoms with Crippen LogP contribution in [0.25, 0.3) is 16.3 Å². The van der Waals surface area contributed by atoms with Gasteiger partial charge in [-0.3, -0.25) is 4.68 Å². The number of aromatic nitrogens is 2. The van der Waals surface area contributed by atoms with Gasteiger partial charge in [-0.25, -0.2) is 0 Å². The van der Waals surface area contributed by atoms with Crippen LogP contribution in [0.5, 0.6) is 0 Å². The molecule has 0 saturated carbocycles. The molecule has 6 aromatic rings. The molecule has 61 heavy (non-hydrogen) atoms. The molecular weight excluding hydrogens is 737 g/mol. The van der Waals surface area contributed by atoms with Crippen molar-refractivity contribution in [1.29, 1.82) is 0 Å². The molecule has 2 nitrogen and oxygen atoms in total. The van der Waals surface area contributed by atoms with Crippen molar-refractivity contribution < 1.29 is 0 Å². The molecule has 8 rings (SSSR count). The van der Waals surface area contributed by atoms with Gasteiger partial charge in [-0.2, -0.15) is 5.10 Å². The van der Waals surface area contributed by atoms with Crippen molar-refractivity contribution in [1.82, 2.24) is 9.78 Å². The number of benzene rings is 5. The van der Waals surface area contributed by atoms with Crippen LogP contribution in [0.4, 0.5) is 0 Å². The third-order valence-electron chi connectivity index (χ3n) is 8.04. The van der Waals surface area contributed by atoms with Gasteiger partial charge in [0.2, 0.25) is 0 Å². The highest BCUT2D eigenvalue weighted by Crippen LogP contribution is 2.20. The van der Waals surface area contributed by atoms with Gasteiger partial charge in [0.25, 0.3) is 0 Å². The molecule has 0 spiro atoms. The lowest BCUT2D eigenvalue weighted by atomic mass is 9.92. The number of aryl methyl sites for hydroxylation is 5. The maximum Gasteiger partial charge on any atom is 0.0492 e. The van der Waals surface area contributed by atoms with Crippen molar-refractivity contribution in [3.05, 3.63) is 180 Å². The maximum atomic E-state index is 4.11. The van der Waals surface area contributed by atoms with Crippen LogP contribution in [0, 0.1) is 0 Å². The van der Waals surface area contributed by atoms with Gasteiger partial charge in [0.15, 0.2) is 0 Å². The van der Waals surface area contributed by atoms with Crippen LogP contribution in [-0.4, -0.2) is 9.78 Å². The highest BCUT2D eigenvalue weighted by Gasteiger charge is 2.08. The molecule has 1 aliphatic heterocycles. The largest absolute Gasteiger partial charge is 0.270 e. The minimum atomic E-state index is 1.12. The summed E-state index contributed by atoms with van der Waals surface area (Å²) in [6.07, 6.45) is 10.9. The molecule has 0 N–H and O–H groups in total. The number of fused-ring (bicyclic) bond motifs is 3. The van der Waals surface area contributed by atoms with Gasteiger partial charge in [0, 0.05) is 18.4 Å². The fourth-order valence-corrected chi connectivity index (χ4v) is 5.43. The molecule has 5 aromatic carbocycles. The standard InChI is InChI=1S/C10H12.C10H8.C9H10.C8H10.C6H8N2.8C2H6/c2*1-2-6-10-8-4-3-7-9(10)5-1;1-8(2)9-6-4-3-5-7-9;1-2-8-6-4-3-5-7-8;1-2-6-3-4-7-8(6)5-1;8*1-2/h1-2,5-6H,3-4,7-8H2;1-8H;3-7H,1H2,2H3;3-7H,2H2,1H3;3-4H,1-2,5H2;8*1-2H3. The van der Waals surface area contributed by atoms with Gasteiger partial charge in [-0.05, 0) is 91.0 Å². The molecule has 2 aliphatic rings. The molecule has 342 valence electrons. The molecule has 0 fully saturated rings. The summed E-state index contributed by atoms with van der Waals surface area (Å²) >= 11 is 0. The molecular formula is C59H96N2. The smallest absolute Gasteiger partial charge is 0.0492 e. The van der Waals surface area contributed by atoms with E-state index < -0.39 is 0 Å². The van der Waals surface area contributed by atoms with Gasteiger partial charge < -0.3 is 0 Å².